The predicted molar refractivity (Wildman–Crippen MR) is 83.7 cm³/mol. The summed E-state index contributed by atoms with van der Waals surface area (Å²) in [5, 5.41) is 3.30. The summed E-state index contributed by atoms with van der Waals surface area (Å²) in [6, 6.07) is 4.89. The number of hydrogen-bond donors (Lipinski definition) is 2. The number of nitrogens with two attached hydrogens (primary N) is 1. The van der Waals surface area contributed by atoms with Gasteiger partial charge in [-0.05, 0) is 25.1 Å². The second kappa shape index (κ2) is 6.43. The van der Waals surface area contributed by atoms with Crippen LogP contribution >= 0.6 is 35.0 Å². The topological polar surface area (TPSA) is 68.3 Å². The van der Waals surface area contributed by atoms with Gasteiger partial charge in [-0.15, -0.1) is 11.8 Å². The number of nitrogen functional groups attached to an aromatic ring is 1. The number of halogens is 2. The molecule has 1 heterocycles. The van der Waals surface area contributed by atoms with Crippen molar-refractivity contribution in [2.45, 2.75) is 11.8 Å². The van der Waals surface area contributed by atoms with Crippen molar-refractivity contribution in [1.82, 2.24) is 0 Å². The molecule has 0 aliphatic rings. The fourth-order valence-electron chi connectivity index (χ4n) is 1.55. The minimum atomic E-state index is -0.204. The largest absolute Gasteiger partial charge is 0.468 e. The second-order valence-corrected chi connectivity index (χ2v) is 5.87. The summed E-state index contributed by atoms with van der Waals surface area (Å²) in [5.74, 6) is 0.813. The van der Waals surface area contributed by atoms with Gasteiger partial charge >= 0.3 is 0 Å². The first kappa shape index (κ1) is 15.1. The summed E-state index contributed by atoms with van der Waals surface area (Å²) in [7, 11) is 0. The number of carbonyl (C=O) groups is 1. The van der Waals surface area contributed by atoms with E-state index in [0.29, 0.717) is 21.4 Å². The van der Waals surface area contributed by atoms with E-state index in [1.54, 1.807) is 6.26 Å². The van der Waals surface area contributed by atoms with E-state index >= 15 is 0 Å². The minimum Gasteiger partial charge on any atom is -0.468 e. The number of nitrogens with one attached hydrogen (secondary N) is 1. The van der Waals surface area contributed by atoms with Crippen LogP contribution in [0.1, 0.15) is 5.76 Å². The lowest BCUT2D eigenvalue weighted by Crippen LogP contribution is -2.14. The third-order valence-corrected chi connectivity index (χ3v) is 4.24. The van der Waals surface area contributed by atoms with Gasteiger partial charge in [0, 0.05) is 10.6 Å². The molecule has 2 rings (SSSR count). The SMILES string of the molecule is Cc1occc1SCC(=O)Nc1c(Cl)cc(N)cc1Cl. The Kier molecular flexibility index (Phi) is 4.86. The van der Waals surface area contributed by atoms with Crippen LogP contribution in [0.3, 0.4) is 0 Å². The van der Waals surface area contributed by atoms with Crippen LogP contribution in [0.4, 0.5) is 11.4 Å². The van der Waals surface area contributed by atoms with Gasteiger partial charge in [-0.3, -0.25) is 4.79 Å². The Morgan fingerprint density at radius 3 is 2.60 bits per heavy atom. The third-order valence-electron chi connectivity index (χ3n) is 2.50. The Balaban J connectivity index is 2.00. The first-order chi connectivity index (χ1) is 9.47. The Labute approximate surface area is 130 Å². The van der Waals surface area contributed by atoms with Crippen molar-refractivity contribution in [3.05, 3.63) is 40.3 Å². The number of hydrogen-bond acceptors (Lipinski definition) is 4. The highest BCUT2D eigenvalue weighted by molar-refractivity contribution is 8.00. The molecule has 0 spiro atoms. The Morgan fingerprint density at radius 2 is 2.05 bits per heavy atom. The highest BCUT2D eigenvalue weighted by atomic mass is 35.5. The fourth-order valence-corrected chi connectivity index (χ4v) is 2.91. The van der Waals surface area contributed by atoms with Crippen molar-refractivity contribution in [1.29, 1.82) is 0 Å². The van der Waals surface area contributed by atoms with Gasteiger partial charge in [0.1, 0.15) is 5.76 Å². The summed E-state index contributed by atoms with van der Waals surface area (Å²) >= 11 is 13.4. The highest BCUT2D eigenvalue weighted by Crippen LogP contribution is 2.33. The molecule has 0 aliphatic carbocycles. The maximum Gasteiger partial charge on any atom is 0.234 e. The van der Waals surface area contributed by atoms with Crippen molar-refractivity contribution < 1.29 is 9.21 Å². The Morgan fingerprint density at radius 1 is 1.40 bits per heavy atom. The lowest BCUT2D eigenvalue weighted by Gasteiger charge is -2.10. The molecule has 1 aromatic carbocycles. The molecule has 0 saturated carbocycles. The van der Waals surface area contributed by atoms with E-state index < -0.39 is 0 Å². The van der Waals surface area contributed by atoms with Gasteiger partial charge in [0.15, 0.2) is 0 Å². The van der Waals surface area contributed by atoms with Crippen LogP contribution in [-0.2, 0) is 4.79 Å². The second-order valence-electron chi connectivity index (χ2n) is 4.04. The van der Waals surface area contributed by atoms with Crippen molar-refractivity contribution in [2.24, 2.45) is 0 Å². The number of furan rings is 1. The Bertz CT molecular complexity index is 620. The summed E-state index contributed by atoms with van der Waals surface area (Å²) in [5.41, 5.74) is 6.42. The van der Waals surface area contributed by atoms with Crippen molar-refractivity contribution >= 4 is 52.2 Å². The van der Waals surface area contributed by atoms with E-state index in [2.05, 4.69) is 5.32 Å². The van der Waals surface area contributed by atoms with Gasteiger partial charge in [-0.25, -0.2) is 0 Å². The number of benzene rings is 1. The first-order valence-corrected chi connectivity index (χ1v) is 7.43. The quantitative estimate of drug-likeness (QED) is 0.650. The zero-order valence-corrected chi connectivity index (χ0v) is 12.9. The lowest BCUT2D eigenvalue weighted by atomic mass is 10.3. The van der Waals surface area contributed by atoms with Crippen LogP contribution < -0.4 is 11.1 Å². The number of amides is 1. The van der Waals surface area contributed by atoms with Crippen molar-refractivity contribution in [3.63, 3.8) is 0 Å². The fraction of sp³-hybridized carbons (Fsp3) is 0.154. The van der Waals surface area contributed by atoms with E-state index in [4.69, 9.17) is 33.4 Å². The van der Waals surface area contributed by atoms with Crippen LogP contribution in [0.25, 0.3) is 0 Å². The van der Waals surface area contributed by atoms with Crippen LogP contribution in [0, 0.1) is 6.92 Å². The first-order valence-electron chi connectivity index (χ1n) is 5.68. The van der Waals surface area contributed by atoms with Gasteiger partial charge < -0.3 is 15.5 Å². The van der Waals surface area contributed by atoms with Crippen LogP contribution in [0.2, 0.25) is 10.0 Å². The molecule has 0 radical (unpaired) electrons. The number of anilines is 2. The van der Waals surface area contributed by atoms with Gasteiger partial charge in [-0.1, -0.05) is 23.2 Å². The summed E-state index contributed by atoms with van der Waals surface area (Å²) in [4.78, 5) is 12.8. The maximum absolute atomic E-state index is 11.9. The third kappa shape index (κ3) is 3.62. The average Bonchev–Trinajstić information content (AvgIpc) is 2.77. The van der Waals surface area contributed by atoms with Gasteiger partial charge in [0.2, 0.25) is 5.91 Å². The molecule has 0 saturated heterocycles. The minimum absolute atomic E-state index is 0.204. The molecule has 0 bridgehead atoms. The summed E-state index contributed by atoms with van der Waals surface area (Å²) in [6.07, 6.45) is 1.59. The summed E-state index contributed by atoms with van der Waals surface area (Å²) < 4.78 is 5.16. The molecule has 0 fully saturated rings. The molecule has 1 aromatic heterocycles. The van der Waals surface area contributed by atoms with Gasteiger partial charge in [0.05, 0.1) is 27.7 Å². The van der Waals surface area contributed by atoms with Gasteiger partial charge in [0.25, 0.3) is 0 Å². The molecular formula is C13H12Cl2N2O2S. The zero-order chi connectivity index (χ0) is 14.7. The number of rotatable bonds is 4. The smallest absolute Gasteiger partial charge is 0.234 e. The van der Waals surface area contributed by atoms with E-state index in [1.807, 2.05) is 13.0 Å². The van der Waals surface area contributed by atoms with Gasteiger partial charge in [-0.2, -0.15) is 0 Å². The maximum atomic E-state index is 11.9. The van der Waals surface area contributed by atoms with Crippen molar-refractivity contribution in [2.75, 3.05) is 16.8 Å². The molecule has 0 atom stereocenters. The molecule has 2 aromatic rings. The molecule has 4 nitrogen and oxygen atoms in total. The van der Waals surface area contributed by atoms with E-state index in [9.17, 15) is 4.79 Å². The van der Waals surface area contributed by atoms with E-state index in [0.717, 1.165) is 10.7 Å². The number of thioether (sulfide) groups is 1. The molecule has 20 heavy (non-hydrogen) atoms. The molecular weight excluding hydrogens is 319 g/mol. The molecule has 1 amide bonds. The van der Waals surface area contributed by atoms with E-state index in [-0.39, 0.29) is 11.7 Å². The number of aryl methyl sites for hydroxylation is 1. The average molecular weight is 331 g/mol. The predicted octanol–water partition coefficient (Wildman–Crippen LogP) is 4.21. The molecule has 7 heteroatoms. The lowest BCUT2D eigenvalue weighted by molar-refractivity contribution is -0.113. The molecule has 3 N–H and O–H groups in total. The monoisotopic (exact) mass is 330 g/mol. The van der Waals surface area contributed by atoms with Crippen molar-refractivity contribution in [3.8, 4) is 0 Å². The molecule has 106 valence electrons. The van der Waals surface area contributed by atoms with Crippen LogP contribution in [-0.4, -0.2) is 11.7 Å². The number of carbonyl (C=O) groups excluding carboxylic acids is 1. The zero-order valence-electron chi connectivity index (χ0n) is 10.6. The van der Waals surface area contributed by atoms with E-state index in [1.165, 1.54) is 23.9 Å². The normalized spacial score (nSPS) is 10.6. The Hall–Kier alpha value is -1.30. The van der Waals surface area contributed by atoms with Crippen LogP contribution in [0.15, 0.2) is 33.8 Å². The van der Waals surface area contributed by atoms with Crippen LogP contribution in [0.5, 0.6) is 0 Å². The molecule has 0 unspecified atom stereocenters. The summed E-state index contributed by atoms with van der Waals surface area (Å²) in [6.45, 7) is 1.84. The molecule has 0 aliphatic heterocycles. The standard InChI is InChI=1S/C13H12Cl2N2O2S/c1-7-11(2-3-19-7)20-6-12(18)17-13-9(14)4-8(16)5-10(13)15/h2-5H,6,16H2,1H3,(H,17,18). The highest BCUT2D eigenvalue weighted by Gasteiger charge is 2.12.